The summed E-state index contributed by atoms with van der Waals surface area (Å²) in [4.78, 5) is 2.18. The lowest BCUT2D eigenvalue weighted by atomic mass is 10.0. The molecule has 0 aliphatic heterocycles. The van der Waals surface area contributed by atoms with Gasteiger partial charge < -0.3 is 14.4 Å². The second-order valence-corrected chi connectivity index (χ2v) is 7.44. The quantitative estimate of drug-likeness (QED) is 0.582. The lowest BCUT2D eigenvalue weighted by Crippen LogP contribution is -2.15. The van der Waals surface area contributed by atoms with Crippen molar-refractivity contribution in [3.05, 3.63) is 54.1 Å². The molecule has 0 amide bonds. The van der Waals surface area contributed by atoms with E-state index >= 15 is 0 Å². The van der Waals surface area contributed by atoms with Crippen LogP contribution in [0.1, 0.15) is 37.7 Å². The molecule has 3 rings (SSSR count). The highest BCUT2D eigenvalue weighted by Crippen LogP contribution is 2.25. The summed E-state index contributed by atoms with van der Waals surface area (Å²) in [5.41, 5.74) is 3.70. The Morgan fingerprint density at radius 2 is 1.50 bits per heavy atom. The molecule has 140 valence electrons. The van der Waals surface area contributed by atoms with Crippen LogP contribution in [-0.4, -0.2) is 38.3 Å². The first-order valence-electron chi connectivity index (χ1n) is 9.79. The van der Waals surface area contributed by atoms with Gasteiger partial charge in [-0.1, -0.05) is 49.2 Å². The van der Waals surface area contributed by atoms with Crippen LogP contribution in [0.3, 0.4) is 0 Å². The van der Waals surface area contributed by atoms with Crippen LogP contribution in [0.25, 0.3) is 11.1 Å². The summed E-state index contributed by atoms with van der Waals surface area (Å²) in [5.74, 6) is 0.939. The molecule has 3 heteroatoms. The molecule has 0 bridgehead atoms. The van der Waals surface area contributed by atoms with Crippen LogP contribution in [0.4, 0.5) is 0 Å². The molecule has 2 aromatic carbocycles. The van der Waals surface area contributed by atoms with Crippen molar-refractivity contribution in [1.29, 1.82) is 0 Å². The van der Waals surface area contributed by atoms with Gasteiger partial charge in [0.15, 0.2) is 0 Å². The van der Waals surface area contributed by atoms with Gasteiger partial charge in [0.1, 0.15) is 5.75 Å². The van der Waals surface area contributed by atoms with E-state index in [0.717, 1.165) is 31.9 Å². The second-order valence-electron chi connectivity index (χ2n) is 7.44. The van der Waals surface area contributed by atoms with Gasteiger partial charge in [-0.25, -0.2) is 0 Å². The molecule has 1 saturated carbocycles. The van der Waals surface area contributed by atoms with Gasteiger partial charge in [0.2, 0.25) is 0 Å². The number of ether oxygens (including phenoxy) is 2. The number of benzene rings is 2. The zero-order valence-electron chi connectivity index (χ0n) is 16.1. The van der Waals surface area contributed by atoms with Crippen molar-refractivity contribution in [1.82, 2.24) is 4.90 Å². The van der Waals surface area contributed by atoms with Gasteiger partial charge in [0, 0.05) is 6.54 Å². The van der Waals surface area contributed by atoms with E-state index in [-0.39, 0.29) is 0 Å². The lowest BCUT2D eigenvalue weighted by Gasteiger charge is -2.12. The first-order chi connectivity index (χ1) is 12.7. The number of rotatable bonds is 9. The van der Waals surface area contributed by atoms with E-state index in [1.54, 1.807) is 0 Å². The van der Waals surface area contributed by atoms with Gasteiger partial charge >= 0.3 is 0 Å². The predicted octanol–water partition coefficient (Wildman–Crippen LogP) is 5.14. The van der Waals surface area contributed by atoms with Crippen LogP contribution in [0.2, 0.25) is 0 Å². The van der Waals surface area contributed by atoms with Gasteiger partial charge in [-0.2, -0.15) is 0 Å². The molecule has 0 N–H and O–H groups in total. The van der Waals surface area contributed by atoms with Gasteiger partial charge in [-0.05, 0) is 62.2 Å². The van der Waals surface area contributed by atoms with E-state index in [9.17, 15) is 0 Å². The molecule has 3 nitrogen and oxygen atoms in total. The lowest BCUT2D eigenvalue weighted by molar-refractivity contribution is 0.0457. The Balaban J connectivity index is 1.48. The molecule has 0 atom stereocenters. The van der Waals surface area contributed by atoms with Crippen LogP contribution < -0.4 is 4.74 Å². The van der Waals surface area contributed by atoms with Crippen molar-refractivity contribution < 1.29 is 9.47 Å². The molecule has 0 heterocycles. The van der Waals surface area contributed by atoms with Crippen molar-refractivity contribution in [3.8, 4) is 16.9 Å². The van der Waals surface area contributed by atoms with E-state index in [4.69, 9.17) is 9.47 Å². The third-order valence-electron chi connectivity index (χ3n) is 4.95. The predicted molar refractivity (Wildman–Crippen MR) is 108 cm³/mol. The van der Waals surface area contributed by atoms with Gasteiger partial charge in [0.05, 0.1) is 19.3 Å². The minimum absolute atomic E-state index is 0.472. The summed E-state index contributed by atoms with van der Waals surface area (Å²) in [7, 11) is 4.17. The average molecular weight is 354 g/mol. The van der Waals surface area contributed by atoms with Crippen LogP contribution in [0.15, 0.2) is 48.5 Å². The van der Waals surface area contributed by atoms with Gasteiger partial charge in [-0.3, -0.25) is 0 Å². The molecule has 0 unspecified atom stereocenters. The van der Waals surface area contributed by atoms with Crippen molar-refractivity contribution in [2.45, 2.75) is 44.8 Å². The SMILES string of the molecule is CN(C)CCCOc1ccc(-c2ccc(COC3CCCC3)cc2)cc1. The maximum Gasteiger partial charge on any atom is 0.119 e. The molecule has 1 aliphatic carbocycles. The van der Waals surface area contributed by atoms with Crippen LogP contribution >= 0.6 is 0 Å². The fourth-order valence-electron chi connectivity index (χ4n) is 3.38. The van der Waals surface area contributed by atoms with Crippen LogP contribution in [0, 0.1) is 0 Å². The average Bonchev–Trinajstić information content (AvgIpc) is 3.18. The maximum atomic E-state index is 5.99. The van der Waals surface area contributed by atoms with E-state index in [1.807, 2.05) is 0 Å². The van der Waals surface area contributed by atoms with E-state index in [0.29, 0.717) is 6.10 Å². The minimum atomic E-state index is 0.472. The topological polar surface area (TPSA) is 21.7 Å². The Labute approximate surface area is 157 Å². The van der Waals surface area contributed by atoms with Crippen molar-refractivity contribution >= 4 is 0 Å². The Morgan fingerprint density at radius 3 is 2.12 bits per heavy atom. The Hall–Kier alpha value is -1.84. The molecule has 0 saturated heterocycles. The Bertz CT molecular complexity index is 643. The highest BCUT2D eigenvalue weighted by molar-refractivity contribution is 5.64. The smallest absolute Gasteiger partial charge is 0.119 e. The fraction of sp³-hybridized carbons (Fsp3) is 0.478. The molecule has 1 aliphatic rings. The Kier molecular flexibility index (Phi) is 7.10. The van der Waals surface area contributed by atoms with Crippen molar-refractivity contribution in [3.63, 3.8) is 0 Å². The molecule has 1 fully saturated rings. The summed E-state index contributed by atoms with van der Waals surface area (Å²) >= 11 is 0. The Morgan fingerprint density at radius 1 is 0.885 bits per heavy atom. The summed E-state index contributed by atoms with van der Waals surface area (Å²) in [5, 5.41) is 0. The van der Waals surface area contributed by atoms with E-state index in [1.165, 1.54) is 42.4 Å². The molecular formula is C23H31NO2. The summed E-state index contributed by atoms with van der Waals surface area (Å²) < 4.78 is 11.8. The normalized spacial score (nSPS) is 14.9. The monoisotopic (exact) mass is 353 g/mol. The summed E-state index contributed by atoms with van der Waals surface area (Å²) in [6.07, 6.45) is 6.60. The van der Waals surface area contributed by atoms with Crippen LogP contribution in [-0.2, 0) is 11.3 Å². The van der Waals surface area contributed by atoms with Gasteiger partial charge in [0.25, 0.3) is 0 Å². The molecule has 0 aromatic heterocycles. The van der Waals surface area contributed by atoms with E-state index in [2.05, 4.69) is 67.5 Å². The first kappa shape index (κ1) is 18.9. The molecular weight excluding hydrogens is 322 g/mol. The highest BCUT2D eigenvalue weighted by atomic mass is 16.5. The number of hydrogen-bond donors (Lipinski definition) is 0. The third-order valence-corrected chi connectivity index (χ3v) is 4.95. The van der Waals surface area contributed by atoms with Gasteiger partial charge in [-0.15, -0.1) is 0 Å². The second kappa shape index (κ2) is 9.75. The molecule has 0 spiro atoms. The molecule has 0 radical (unpaired) electrons. The van der Waals surface area contributed by atoms with Crippen molar-refractivity contribution in [2.75, 3.05) is 27.2 Å². The first-order valence-corrected chi connectivity index (χ1v) is 9.79. The third kappa shape index (κ3) is 5.86. The maximum absolute atomic E-state index is 5.99. The van der Waals surface area contributed by atoms with Crippen LogP contribution in [0.5, 0.6) is 5.75 Å². The number of hydrogen-bond acceptors (Lipinski definition) is 3. The zero-order chi connectivity index (χ0) is 18.2. The van der Waals surface area contributed by atoms with Crippen molar-refractivity contribution in [2.24, 2.45) is 0 Å². The standard InChI is InChI=1S/C23H31NO2/c1-24(2)16-5-17-25-23-14-12-21(13-15-23)20-10-8-19(9-11-20)18-26-22-6-3-4-7-22/h8-15,22H,3-7,16-18H2,1-2H3. The molecule has 26 heavy (non-hydrogen) atoms. The minimum Gasteiger partial charge on any atom is -0.494 e. The van der Waals surface area contributed by atoms with E-state index < -0.39 is 0 Å². The number of nitrogens with zero attached hydrogens (tertiary/aromatic N) is 1. The highest BCUT2D eigenvalue weighted by Gasteiger charge is 2.15. The largest absolute Gasteiger partial charge is 0.494 e. The summed E-state index contributed by atoms with van der Waals surface area (Å²) in [6, 6.07) is 17.1. The molecule has 2 aromatic rings. The zero-order valence-corrected chi connectivity index (χ0v) is 16.1. The fourth-order valence-corrected chi connectivity index (χ4v) is 3.38. The summed E-state index contributed by atoms with van der Waals surface area (Å²) in [6.45, 7) is 2.53.